The van der Waals surface area contributed by atoms with Gasteiger partial charge in [0.05, 0.1) is 11.5 Å². The number of aromatic nitrogens is 3. The molecule has 27 heavy (non-hydrogen) atoms. The van der Waals surface area contributed by atoms with Crippen molar-refractivity contribution in [2.24, 2.45) is 0 Å². The average molecular weight is 364 g/mol. The topological polar surface area (TPSA) is 66.5 Å². The van der Waals surface area contributed by atoms with E-state index in [4.69, 9.17) is 0 Å². The highest BCUT2D eigenvalue weighted by Crippen LogP contribution is 2.38. The van der Waals surface area contributed by atoms with Crippen LogP contribution in [-0.4, -0.2) is 27.4 Å². The molecular formula is C22H29N5. The number of rotatable bonds is 6. The lowest BCUT2D eigenvalue weighted by atomic mass is 9.69. The van der Waals surface area contributed by atoms with Crippen LogP contribution in [0.3, 0.4) is 0 Å². The predicted octanol–water partition coefficient (Wildman–Crippen LogP) is 3.54. The van der Waals surface area contributed by atoms with Gasteiger partial charge in [-0.05, 0) is 57.1 Å². The van der Waals surface area contributed by atoms with Gasteiger partial charge in [0.25, 0.3) is 0 Å². The Bertz CT molecular complexity index is 781. The zero-order valence-electron chi connectivity index (χ0n) is 16.0. The van der Waals surface area contributed by atoms with Gasteiger partial charge in [0.2, 0.25) is 0 Å². The Balaban J connectivity index is 1.23. The van der Waals surface area contributed by atoms with Crippen LogP contribution in [0.1, 0.15) is 62.2 Å². The first kappa shape index (κ1) is 18.2. The Morgan fingerprint density at radius 1 is 1.15 bits per heavy atom. The van der Waals surface area contributed by atoms with Gasteiger partial charge < -0.3 is 9.88 Å². The second-order valence-corrected chi connectivity index (χ2v) is 8.03. The third kappa shape index (κ3) is 3.91. The molecule has 0 saturated heterocycles. The van der Waals surface area contributed by atoms with E-state index in [2.05, 4.69) is 38.3 Å². The summed E-state index contributed by atoms with van der Waals surface area (Å²) in [5.74, 6) is 2.33. The molecule has 1 aromatic carbocycles. The van der Waals surface area contributed by atoms with Crippen LogP contribution < -0.4 is 5.32 Å². The molecule has 1 aliphatic carbocycles. The summed E-state index contributed by atoms with van der Waals surface area (Å²) < 4.78 is 2.32. The minimum Gasteiger partial charge on any atom is -0.315 e. The first-order valence-corrected chi connectivity index (χ1v) is 10.4. The Kier molecular flexibility index (Phi) is 5.54. The van der Waals surface area contributed by atoms with Gasteiger partial charge in [-0.3, -0.25) is 0 Å². The van der Waals surface area contributed by atoms with Crippen molar-refractivity contribution < 1.29 is 0 Å². The second-order valence-electron chi connectivity index (χ2n) is 8.03. The summed E-state index contributed by atoms with van der Waals surface area (Å²) in [5.41, 5.74) is 0.891. The number of benzene rings is 1. The van der Waals surface area contributed by atoms with E-state index in [1.807, 2.05) is 18.2 Å². The molecular weight excluding hydrogens is 334 g/mol. The lowest BCUT2D eigenvalue weighted by Gasteiger charge is -2.35. The molecule has 4 rings (SSSR count). The van der Waals surface area contributed by atoms with Crippen molar-refractivity contribution >= 4 is 0 Å². The van der Waals surface area contributed by atoms with Crippen molar-refractivity contribution in [2.45, 2.75) is 75.8 Å². The van der Waals surface area contributed by atoms with E-state index < -0.39 is 0 Å². The molecule has 1 saturated carbocycles. The minimum atomic E-state index is -0.292. The Labute approximate surface area is 161 Å². The third-order valence-electron chi connectivity index (χ3n) is 6.33. The molecule has 5 nitrogen and oxygen atoms in total. The molecule has 2 aromatic rings. The van der Waals surface area contributed by atoms with Crippen LogP contribution in [0.25, 0.3) is 0 Å². The highest BCUT2D eigenvalue weighted by Gasteiger charge is 2.36. The Hall–Kier alpha value is -2.19. The van der Waals surface area contributed by atoms with Crippen LogP contribution in [0.2, 0.25) is 0 Å². The lowest BCUT2D eigenvalue weighted by Crippen LogP contribution is -2.39. The molecule has 0 radical (unpaired) electrons. The SMILES string of the molecule is N#CC1(c2ccccc2)CCC(NCCCc2nnc3n2CCCC3)CC1. The number of nitriles is 1. The molecule has 0 unspecified atom stereocenters. The molecule has 0 spiro atoms. The van der Waals surface area contributed by atoms with E-state index in [0.29, 0.717) is 6.04 Å². The van der Waals surface area contributed by atoms with Crippen LogP contribution in [0.15, 0.2) is 30.3 Å². The van der Waals surface area contributed by atoms with E-state index in [1.165, 1.54) is 24.2 Å². The number of nitrogens with one attached hydrogen (secondary N) is 1. The molecule has 1 aromatic heterocycles. The third-order valence-corrected chi connectivity index (χ3v) is 6.33. The molecule has 1 fully saturated rings. The van der Waals surface area contributed by atoms with Crippen molar-refractivity contribution in [1.82, 2.24) is 20.1 Å². The maximum atomic E-state index is 9.81. The summed E-state index contributed by atoms with van der Waals surface area (Å²) in [4.78, 5) is 0. The van der Waals surface area contributed by atoms with Gasteiger partial charge in [-0.2, -0.15) is 5.26 Å². The van der Waals surface area contributed by atoms with Crippen LogP contribution in [-0.2, 0) is 24.8 Å². The fourth-order valence-electron chi connectivity index (χ4n) is 4.64. The summed E-state index contributed by atoms with van der Waals surface area (Å²) in [6.45, 7) is 2.10. The first-order chi connectivity index (χ1) is 13.3. The molecule has 5 heteroatoms. The van der Waals surface area contributed by atoms with Gasteiger partial charge in [0.1, 0.15) is 11.6 Å². The van der Waals surface area contributed by atoms with Gasteiger partial charge >= 0.3 is 0 Å². The lowest BCUT2D eigenvalue weighted by molar-refractivity contribution is 0.295. The monoisotopic (exact) mass is 363 g/mol. The van der Waals surface area contributed by atoms with Crippen LogP contribution in [0.4, 0.5) is 0 Å². The van der Waals surface area contributed by atoms with Crippen molar-refractivity contribution in [2.75, 3.05) is 6.54 Å². The summed E-state index contributed by atoms with van der Waals surface area (Å²) >= 11 is 0. The Morgan fingerprint density at radius 2 is 1.96 bits per heavy atom. The number of aryl methyl sites for hydroxylation is 2. The van der Waals surface area contributed by atoms with Crippen LogP contribution in [0.5, 0.6) is 0 Å². The maximum Gasteiger partial charge on any atom is 0.133 e. The van der Waals surface area contributed by atoms with Gasteiger partial charge in [-0.1, -0.05) is 30.3 Å². The fraction of sp³-hybridized carbons (Fsp3) is 0.591. The largest absolute Gasteiger partial charge is 0.315 e. The quantitative estimate of drug-likeness (QED) is 0.797. The van der Waals surface area contributed by atoms with Crippen molar-refractivity contribution in [3.05, 3.63) is 47.5 Å². The normalized spacial score (nSPS) is 24.9. The molecule has 2 aliphatic rings. The molecule has 2 heterocycles. The van der Waals surface area contributed by atoms with E-state index in [9.17, 15) is 5.26 Å². The predicted molar refractivity (Wildman–Crippen MR) is 105 cm³/mol. The standard InChI is InChI=1S/C22H29N5/c23-17-22(18-7-2-1-3-8-18)13-11-19(12-14-22)24-15-6-10-21-26-25-20-9-4-5-16-27(20)21/h1-3,7-8,19,24H,4-6,9-16H2. The van der Waals surface area contributed by atoms with Crippen LogP contribution >= 0.6 is 0 Å². The van der Waals surface area contributed by atoms with Crippen LogP contribution in [0, 0.1) is 11.3 Å². The second kappa shape index (κ2) is 8.22. The smallest absolute Gasteiger partial charge is 0.133 e. The number of hydrogen-bond donors (Lipinski definition) is 1. The van der Waals surface area contributed by atoms with Crippen molar-refractivity contribution in [3.8, 4) is 6.07 Å². The summed E-state index contributed by atoms with van der Waals surface area (Å²) in [5, 5.41) is 22.3. The van der Waals surface area contributed by atoms with Gasteiger partial charge in [0, 0.05) is 25.4 Å². The highest BCUT2D eigenvalue weighted by molar-refractivity contribution is 5.33. The summed E-state index contributed by atoms with van der Waals surface area (Å²) in [6, 6.07) is 13.5. The fourth-order valence-corrected chi connectivity index (χ4v) is 4.64. The van der Waals surface area contributed by atoms with Crippen molar-refractivity contribution in [3.63, 3.8) is 0 Å². The molecule has 0 bridgehead atoms. The summed E-state index contributed by atoms with van der Waals surface area (Å²) in [7, 11) is 0. The molecule has 0 amide bonds. The maximum absolute atomic E-state index is 9.81. The minimum absolute atomic E-state index is 0.292. The van der Waals surface area contributed by atoms with Gasteiger partial charge in [-0.15, -0.1) is 10.2 Å². The molecule has 1 N–H and O–H groups in total. The van der Waals surface area contributed by atoms with Crippen molar-refractivity contribution in [1.29, 1.82) is 5.26 Å². The number of hydrogen-bond acceptors (Lipinski definition) is 4. The number of fused-ring (bicyclic) bond motifs is 1. The molecule has 0 atom stereocenters. The summed E-state index contributed by atoms with van der Waals surface area (Å²) in [6.07, 6.45) is 9.71. The molecule has 1 aliphatic heterocycles. The molecule has 142 valence electrons. The Morgan fingerprint density at radius 3 is 2.74 bits per heavy atom. The first-order valence-electron chi connectivity index (χ1n) is 10.4. The van der Waals surface area contributed by atoms with E-state index in [1.54, 1.807) is 0 Å². The average Bonchev–Trinajstić information content (AvgIpc) is 3.15. The van der Waals surface area contributed by atoms with Gasteiger partial charge in [-0.25, -0.2) is 0 Å². The number of nitrogens with zero attached hydrogens (tertiary/aromatic N) is 4. The van der Waals surface area contributed by atoms with E-state index in [0.717, 1.165) is 63.9 Å². The highest BCUT2D eigenvalue weighted by atomic mass is 15.3. The zero-order chi connectivity index (χ0) is 18.5. The zero-order valence-corrected chi connectivity index (χ0v) is 16.0. The van der Waals surface area contributed by atoms with E-state index >= 15 is 0 Å². The van der Waals surface area contributed by atoms with E-state index in [-0.39, 0.29) is 5.41 Å². The van der Waals surface area contributed by atoms with Gasteiger partial charge in [0.15, 0.2) is 0 Å².